The van der Waals surface area contributed by atoms with Crippen molar-refractivity contribution in [2.75, 3.05) is 19.3 Å². The average Bonchev–Trinajstić information content (AvgIpc) is 2.96. The highest BCUT2D eigenvalue weighted by Gasteiger charge is 2.06. The van der Waals surface area contributed by atoms with Gasteiger partial charge in [-0.25, -0.2) is 18.1 Å². The maximum absolute atomic E-state index is 11.0. The van der Waals surface area contributed by atoms with Crippen LogP contribution in [0.25, 0.3) is 5.69 Å². The standard InChI is InChI=1S/C14H20N4O2S/c1-12(16-6-7-17-21(2,19)20)13-4-3-5-14(10-13)18-9-8-15-11-18/h3-5,8-12,16-17H,6-7H2,1-2H3. The van der Waals surface area contributed by atoms with Gasteiger partial charge in [0.2, 0.25) is 10.0 Å². The maximum atomic E-state index is 11.0. The quantitative estimate of drug-likeness (QED) is 0.750. The van der Waals surface area contributed by atoms with Gasteiger partial charge >= 0.3 is 0 Å². The van der Waals surface area contributed by atoms with Crippen LogP contribution in [0.1, 0.15) is 18.5 Å². The first-order valence-electron chi connectivity index (χ1n) is 6.72. The fraction of sp³-hybridized carbons (Fsp3) is 0.357. The summed E-state index contributed by atoms with van der Waals surface area (Å²) in [4.78, 5) is 4.04. The van der Waals surface area contributed by atoms with Gasteiger partial charge in [-0.3, -0.25) is 0 Å². The molecule has 0 radical (unpaired) electrons. The second kappa shape index (κ2) is 6.84. The van der Waals surface area contributed by atoms with Gasteiger partial charge in [-0.05, 0) is 24.6 Å². The molecule has 1 atom stereocenters. The number of sulfonamides is 1. The van der Waals surface area contributed by atoms with Crippen LogP contribution in [0, 0.1) is 0 Å². The molecule has 0 saturated carbocycles. The van der Waals surface area contributed by atoms with Crippen molar-refractivity contribution in [1.82, 2.24) is 19.6 Å². The van der Waals surface area contributed by atoms with Crippen molar-refractivity contribution >= 4 is 10.0 Å². The van der Waals surface area contributed by atoms with Crippen molar-refractivity contribution in [1.29, 1.82) is 0 Å². The Balaban J connectivity index is 1.93. The van der Waals surface area contributed by atoms with E-state index in [2.05, 4.69) is 21.1 Å². The molecule has 2 rings (SSSR count). The third-order valence-corrected chi connectivity index (χ3v) is 3.84. The number of nitrogens with zero attached hydrogens (tertiary/aromatic N) is 2. The molecule has 0 saturated heterocycles. The van der Waals surface area contributed by atoms with Gasteiger partial charge in [0.05, 0.1) is 12.6 Å². The highest BCUT2D eigenvalue weighted by atomic mass is 32.2. The third kappa shape index (κ3) is 4.96. The van der Waals surface area contributed by atoms with Crippen LogP contribution in [-0.4, -0.2) is 37.3 Å². The summed E-state index contributed by atoms with van der Waals surface area (Å²) in [5, 5.41) is 3.29. The Morgan fingerprint density at radius 1 is 1.33 bits per heavy atom. The van der Waals surface area contributed by atoms with Gasteiger partial charge in [0.15, 0.2) is 0 Å². The molecule has 1 aromatic heterocycles. The molecule has 1 unspecified atom stereocenters. The van der Waals surface area contributed by atoms with Crippen LogP contribution >= 0.6 is 0 Å². The largest absolute Gasteiger partial charge is 0.309 e. The van der Waals surface area contributed by atoms with E-state index in [4.69, 9.17) is 0 Å². The van der Waals surface area contributed by atoms with Crippen LogP contribution in [0.5, 0.6) is 0 Å². The van der Waals surface area contributed by atoms with Gasteiger partial charge in [0, 0.05) is 37.2 Å². The molecule has 0 fully saturated rings. The summed E-state index contributed by atoms with van der Waals surface area (Å²) in [6, 6.07) is 8.28. The van der Waals surface area contributed by atoms with Crippen LogP contribution in [-0.2, 0) is 10.0 Å². The average molecular weight is 308 g/mol. The molecule has 7 heteroatoms. The normalized spacial score (nSPS) is 13.2. The van der Waals surface area contributed by atoms with Crippen LogP contribution in [0.15, 0.2) is 43.0 Å². The van der Waals surface area contributed by atoms with E-state index in [1.807, 2.05) is 35.9 Å². The first-order valence-corrected chi connectivity index (χ1v) is 8.61. The van der Waals surface area contributed by atoms with E-state index in [1.54, 1.807) is 12.5 Å². The third-order valence-electron chi connectivity index (χ3n) is 3.11. The summed E-state index contributed by atoms with van der Waals surface area (Å²) in [5.41, 5.74) is 2.19. The Kier molecular flexibility index (Phi) is 5.11. The summed E-state index contributed by atoms with van der Waals surface area (Å²) in [6.45, 7) is 3.00. The predicted octanol–water partition coefficient (Wildman–Crippen LogP) is 1.07. The lowest BCUT2D eigenvalue weighted by Gasteiger charge is -2.15. The maximum Gasteiger partial charge on any atom is 0.208 e. The molecular weight excluding hydrogens is 288 g/mol. The zero-order valence-corrected chi connectivity index (χ0v) is 13.0. The van der Waals surface area contributed by atoms with E-state index < -0.39 is 10.0 Å². The topological polar surface area (TPSA) is 76.0 Å². The predicted molar refractivity (Wildman–Crippen MR) is 82.8 cm³/mol. The zero-order chi connectivity index (χ0) is 15.3. The fourth-order valence-corrected chi connectivity index (χ4v) is 2.48. The highest BCUT2D eigenvalue weighted by molar-refractivity contribution is 7.88. The van der Waals surface area contributed by atoms with Crippen molar-refractivity contribution in [3.8, 4) is 5.69 Å². The second-order valence-electron chi connectivity index (χ2n) is 4.91. The Labute approximate surface area is 125 Å². The van der Waals surface area contributed by atoms with Gasteiger partial charge in [0.25, 0.3) is 0 Å². The first-order chi connectivity index (χ1) is 9.96. The van der Waals surface area contributed by atoms with E-state index in [-0.39, 0.29) is 6.04 Å². The van der Waals surface area contributed by atoms with Crippen LogP contribution in [0.2, 0.25) is 0 Å². The molecule has 21 heavy (non-hydrogen) atoms. The van der Waals surface area contributed by atoms with E-state index in [1.165, 1.54) is 0 Å². The molecule has 2 N–H and O–H groups in total. The van der Waals surface area contributed by atoms with Crippen molar-refractivity contribution in [3.05, 3.63) is 48.5 Å². The minimum atomic E-state index is -3.12. The number of hydrogen-bond donors (Lipinski definition) is 2. The Morgan fingerprint density at radius 2 is 2.14 bits per heavy atom. The molecule has 0 aliphatic carbocycles. The lowest BCUT2D eigenvalue weighted by molar-refractivity contribution is 0.556. The molecule has 1 aromatic carbocycles. The Morgan fingerprint density at radius 3 is 2.81 bits per heavy atom. The van der Waals surface area contributed by atoms with Gasteiger partial charge in [-0.1, -0.05) is 12.1 Å². The molecule has 0 spiro atoms. The van der Waals surface area contributed by atoms with E-state index in [0.717, 1.165) is 17.5 Å². The lowest BCUT2D eigenvalue weighted by atomic mass is 10.1. The zero-order valence-electron chi connectivity index (χ0n) is 12.2. The smallest absolute Gasteiger partial charge is 0.208 e. The van der Waals surface area contributed by atoms with Crippen molar-refractivity contribution in [2.45, 2.75) is 13.0 Å². The minimum absolute atomic E-state index is 0.134. The lowest BCUT2D eigenvalue weighted by Crippen LogP contribution is -2.32. The molecule has 0 bridgehead atoms. The van der Waals surface area contributed by atoms with Crippen LogP contribution in [0.4, 0.5) is 0 Å². The van der Waals surface area contributed by atoms with E-state index in [9.17, 15) is 8.42 Å². The van der Waals surface area contributed by atoms with Crippen LogP contribution in [0.3, 0.4) is 0 Å². The molecule has 1 heterocycles. The summed E-state index contributed by atoms with van der Waals surface area (Å²) in [5.74, 6) is 0. The number of imidazole rings is 1. The van der Waals surface area contributed by atoms with Crippen molar-refractivity contribution in [3.63, 3.8) is 0 Å². The summed E-state index contributed by atoms with van der Waals surface area (Å²) in [7, 11) is -3.12. The monoisotopic (exact) mass is 308 g/mol. The SMILES string of the molecule is CC(NCCNS(C)(=O)=O)c1cccc(-n2ccnc2)c1. The van der Waals surface area contributed by atoms with Crippen LogP contribution < -0.4 is 10.0 Å². The molecule has 0 aliphatic heterocycles. The van der Waals surface area contributed by atoms with E-state index >= 15 is 0 Å². The molecule has 0 amide bonds. The van der Waals surface area contributed by atoms with Gasteiger partial charge in [-0.15, -0.1) is 0 Å². The van der Waals surface area contributed by atoms with Gasteiger partial charge in [-0.2, -0.15) is 0 Å². The van der Waals surface area contributed by atoms with Gasteiger partial charge < -0.3 is 9.88 Å². The minimum Gasteiger partial charge on any atom is -0.309 e. The number of rotatable bonds is 7. The summed E-state index contributed by atoms with van der Waals surface area (Å²) in [6.07, 6.45) is 6.55. The van der Waals surface area contributed by atoms with Gasteiger partial charge in [0.1, 0.15) is 0 Å². The molecular formula is C14H20N4O2S. The second-order valence-corrected chi connectivity index (χ2v) is 6.74. The van der Waals surface area contributed by atoms with Crippen molar-refractivity contribution in [2.24, 2.45) is 0 Å². The number of aromatic nitrogens is 2. The summed E-state index contributed by atoms with van der Waals surface area (Å²) < 4.78 is 26.4. The number of nitrogens with one attached hydrogen (secondary N) is 2. The highest BCUT2D eigenvalue weighted by Crippen LogP contribution is 2.16. The fourth-order valence-electron chi connectivity index (χ4n) is 2.01. The Hall–Kier alpha value is -1.70. The Bertz CT molecular complexity index is 668. The number of hydrogen-bond acceptors (Lipinski definition) is 4. The molecule has 114 valence electrons. The molecule has 0 aliphatic rings. The van der Waals surface area contributed by atoms with Crippen molar-refractivity contribution < 1.29 is 8.42 Å². The summed E-state index contributed by atoms with van der Waals surface area (Å²) >= 11 is 0. The first kappa shape index (κ1) is 15.7. The molecule has 6 nitrogen and oxygen atoms in total. The molecule has 2 aromatic rings. The number of benzene rings is 1. The van der Waals surface area contributed by atoms with E-state index in [0.29, 0.717) is 13.1 Å².